The highest BCUT2D eigenvalue weighted by Crippen LogP contribution is 2.25. The molecule has 6 heteroatoms. The zero-order valence-electron chi connectivity index (χ0n) is 17.2. The Morgan fingerprint density at radius 1 is 1.00 bits per heavy atom. The number of aromatic nitrogens is 2. The minimum absolute atomic E-state index is 0.0148. The maximum absolute atomic E-state index is 12.8. The van der Waals surface area contributed by atoms with Gasteiger partial charge in [0.2, 0.25) is 0 Å². The fourth-order valence-electron chi connectivity index (χ4n) is 4.16. The molecule has 1 fully saturated rings. The summed E-state index contributed by atoms with van der Waals surface area (Å²) in [6, 6.07) is 18.6. The van der Waals surface area contributed by atoms with Crippen molar-refractivity contribution in [1.29, 1.82) is 0 Å². The summed E-state index contributed by atoms with van der Waals surface area (Å²) < 4.78 is 0. The molecule has 5 nitrogen and oxygen atoms in total. The summed E-state index contributed by atoms with van der Waals surface area (Å²) in [7, 11) is 0. The molecule has 2 aromatic carbocycles. The minimum Gasteiger partial charge on any atom is -0.349 e. The Morgan fingerprint density at radius 2 is 1.84 bits per heavy atom. The number of hydrogen-bond donors (Lipinski definition) is 1. The maximum atomic E-state index is 12.8. The van der Waals surface area contributed by atoms with Gasteiger partial charge in [-0.2, -0.15) is 10.2 Å². The van der Waals surface area contributed by atoms with Gasteiger partial charge in [0, 0.05) is 41.7 Å². The van der Waals surface area contributed by atoms with Gasteiger partial charge in [-0.25, -0.2) is 0 Å². The number of nitrogens with zero attached hydrogens (tertiary/aromatic N) is 3. The number of nitrogens with one attached hydrogen (secondary N) is 1. The molecule has 0 atom stereocenters. The Bertz CT molecular complexity index is 1170. The summed E-state index contributed by atoms with van der Waals surface area (Å²) in [5.41, 5.74) is 2.84. The maximum Gasteiger partial charge on any atom is 0.251 e. The molecular formula is C25H24N4OS. The molecule has 31 heavy (non-hydrogen) atoms. The SMILES string of the molecule is O=C(NC1CCN(Cc2cccs2)CC1)c1ccc2cc(-c3ccnnc3)ccc2c1. The van der Waals surface area contributed by atoms with E-state index in [1.165, 1.54) is 4.88 Å². The van der Waals surface area contributed by atoms with Gasteiger partial charge in [-0.05, 0) is 64.9 Å². The van der Waals surface area contributed by atoms with Crippen LogP contribution in [0.4, 0.5) is 0 Å². The van der Waals surface area contributed by atoms with Crippen LogP contribution in [-0.4, -0.2) is 40.1 Å². The van der Waals surface area contributed by atoms with Crippen molar-refractivity contribution in [2.75, 3.05) is 13.1 Å². The Kier molecular flexibility index (Phi) is 5.74. The smallest absolute Gasteiger partial charge is 0.251 e. The van der Waals surface area contributed by atoms with E-state index in [1.807, 2.05) is 35.6 Å². The van der Waals surface area contributed by atoms with E-state index in [1.54, 1.807) is 12.4 Å². The lowest BCUT2D eigenvalue weighted by Gasteiger charge is -2.32. The summed E-state index contributed by atoms with van der Waals surface area (Å²) in [6.45, 7) is 3.06. The van der Waals surface area contributed by atoms with E-state index in [2.05, 4.69) is 56.1 Å². The molecule has 0 saturated carbocycles. The number of benzene rings is 2. The lowest BCUT2D eigenvalue weighted by molar-refractivity contribution is 0.0909. The second kappa shape index (κ2) is 8.96. The molecule has 0 spiro atoms. The van der Waals surface area contributed by atoms with E-state index in [9.17, 15) is 4.79 Å². The molecule has 2 aromatic heterocycles. The third kappa shape index (κ3) is 4.65. The molecule has 3 heterocycles. The van der Waals surface area contributed by atoms with E-state index < -0.39 is 0 Å². The third-order valence-electron chi connectivity index (χ3n) is 5.90. The van der Waals surface area contributed by atoms with E-state index in [4.69, 9.17) is 0 Å². The van der Waals surface area contributed by atoms with Gasteiger partial charge >= 0.3 is 0 Å². The molecule has 1 aliphatic heterocycles. The highest BCUT2D eigenvalue weighted by molar-refractivity contribution is 7.09. The quantitative estimate of drug-likeness (QED) is 0.498. The first-order valence-corrected chi connectivity index (χ1v) is 11.5. The van der Waals surface area contributed by atoms with Crippen molar-refractivity contribution in [3.8, 4) is 11.1 Å². The first-order valence-electron chi connectivity index (χ1n) is 10.6. The molecule has 1 saturated heterocycles. The Morgan fingerprint density at radius 3 is 2.61 bits per heavy atom. The fraction of sp³-hybridized carbons (Fsp3) is 0.240. The monoisotopic (exact) mass is 428 g/mol. The first-order chi connectivity index (χ1) is 15.2. The van der Waals surface area contributed by atoms with E-state index >= 15 is 0 Å². The Balaban J connectivity index is 1.22. The summed E-state index contributed by atoms with van der Waals surface area (Å²) >= 11 is 1.81. The van der Waals surface area contributed by atoms with Crippen LogP contribution in [0.15, 0.2) is 72.4 Å². The van der Waals surface area contributed by atoms with Crippen molar-refractivity contribution in [3.05, 3.63) is 82.8 Å². The normalized spacial score (nSPS) is 15.2. The van der Waals surface area contributed by atoms with Gasteiger partial charge in [0.05, 0.1) is 12.4 Å². The summed E-state index contributed by atoms with van der Waals surface area (Å²) in [5.74, 6) is 0.0148. The van der Waals surface area contributed by atoms with Crippen molar-refractivity contribution >= 4 is 28.0 Å². The van der Waals surface area contributed by atoms with Crippen LogP contribution >= 0.6 is 11.3 Å². The van der Waals surface area contributed by atoms with Crippen LogP contribution in [0.1, 0.15) is 28.1 Å². The second-order valence-electron chi connectivity index (χ2n) is 8.01. The van der Waals surface area contributed by atoms with Gasteiger partial charge in [0.15, 0.2) is 0 Å². The number of fused-ring (bicyclic) bond motifs is 1. The van der Waals surface area contributed by atoms with Gasteiger partial charge in [-0.3, -0.25) is 9.69 Å². The number of likely N-dealkylation sites (tertiary alicyclic amines) is 1. The van der Waals surface area contributed by atoms with Gasteiger partial charge < -0.3 is 5.32 Å². The molecule has 1 amide bonds. The van der Waals surface area contributed by atoms with Crippen LogP contribution in [0, 0.1) is 0 Å². The highest BCUT2D eigenvalue weighted by Gasteiger charge is 2.21. The molecule has 156 valence electrons. The standard InChI is InChI=1S/C25H24N4OS/c30-25(28-23-8-11-29(12-9-23)17-24-2-1-13-31-24)21-6-5-18-14-20(4-3-19(18)15-21)22-7-10-26-27-16-22/h1-7,10,13-16,23H,8-9,11-12,17H2,(H,28,30). The van der Waals surface area contributed by atoms with Crippen LogP contribution in [0.25, 0.3) is 21.9 Å². The predicted molar refractivity (Wildman–Crippen MR) is 125 cm³/mol. The average Bonchev–Trinajstić information content (AvgIpc) is 3.33. The zero-order chi connectivity index (χ0) is 21.0. The molecule has 0 bridgehead atoms. The number of rotatable bonds is 5. The van der Waals surface area contributed by atoms with Crippen LogP contribution in [-0.2, 0) is 6.54 Å². The molecule has 5 rings (SSSR count). The lowest BCUT2D eigenvalue weighted by Crippen LogP contribution is -2.44. The predicted octanol–water partition coefficient (Wildman–Crippen LogP) is 4.75. The third-order valence-corrected chi connectivity index (χ3v) is 6.76. The summed E-state index contributed by atoms with van der Waals surface area (Å²) in [5, 5.41) is 15.3. The Hall–Kier alpha value is -3.09. The van der Waals surface area contributed by atoms with Crippen LogP contribution in [0.5, 0.6) is 0 Å². The molecule has 1 N–H and O–H groups in total. The number of piperidine rings is 1. The van der Waals surface area contributed by atoms with Crippen molar-refractivity contribution in [3.63, 3.8) is 0 Å². The van der Waals surface area contributed by atoms with Gasteiger partial charge in [0.25, 0.3) is 5.91 Å². The van der Waals surface area contributed by atoms with E-state index in [-0.39, 0.29) is 11.9 Å². The zero-order valence-corrected chi connectivity index (χ0v) is 18.0. The minimum atomic E-state index is 0.0148. The van der Waals surface area contributed by atoms with Gasteiger partial charge in [-0.1, -0.05) is 24.3 Å². The molecule has 1 aliphatic rings. The van der Waals surface area contributed by atoms with Gasteiger partial charge in [0.1, 0.15) is 0 Å². The van der Waals surface area contributed by atoms with Crippen molar-refractivity contribution in [2.24, 2.45) is 0 Å². The number of carbonyl (C=O) groups is 1. The van der Waals surface area contributed by atoms with Crippen LogP contribution < -0.4 is 5.32 Å². The molecule has 0 aliphatic carbocycles. The molecule has 0 radical (unpaired) electrons. The topological polar surface area (TPSA) is 58.1 Å². The van der Waals surface area contributed by atoms with Crippen molar-refractivity contribution in [1.82, 2.24) is 20.4 Å². The lowest BCUT2D eigenvalue weighted by atomic mass is 10.0. The van der Waals surface area contributed by atoms with Crippen LogP contribution in [0.2, 0.25) is 0 Å². The van der Waals surface area contributed by atoms with Crippen molar-refractivity contribution < 1.29 is 4.79 Å². The fourth-order valence-corrected chi connectivity index (χ4v) is 4.90. The number of thiophene rings is 1. The molecular weight excluding hydrogens is 404 g/mol. The number of carbonyl (C=O) groups excluding carboxylic acids is 1. The van der Waals surface area contributed by atoms with Crippen molar-refractivity contribution in [2.45, 2.75) is 25.4 Å². The summed E-state index contributed by atoms with van der Waals surface area (Å²) in [6.07, 6.45) is 5.44. The van der Waals surface area contributed by atoms with E-state index in [0.29, 0.717) is 5.56 Å². The first kappa shape index (κ1) is 19.8. The number of amides is 1. The largest absolute Gasteiger partial charge is 0.349 e. The number of hydrogen-bond acceptors (Lipinski definition) is 5. The Labute approximate surface area is 185 Å². The highest BCUT2D eigenvalue weighted by atomic mass is 32.1. The molecule has 0 unspecified atom stereocenters. The van der Waals surface area contributed by atoms with Crippen LogP contribution in [0.3, 0.4) is 0 Å². The molecule has 4 aromatic rings. The average molecular weight is 429 g/mol. The van der Waals surface area contributed by atoms with E-state index in [0.717, 1.165) is 54.4 Å². The second-order valence-corrected chi connectivity index (χ2v) is 9.04. The summed E-state index contributed by atoms with van der Waals surface area (Å²) in [4.78, 5) is 16.7. The van der Waals surface area contributed by atoms with Gasteiger partial charge in [-0.15, -0.1) is 11.3 Å².